The first-order chi connectivity index (χ1) is 7.11. The summed E-state index contributed by atoms with van der Waals surface area (Å²) in [7, 11) is 3.05. The van der Waals surface area contributed by atoms with Crippen LogP contribution in [0.1, 0.15) is 32.6 Å². The zero-order valence-electron chi connectivity index (χ0n) is 9.95. The summed E-state index contributed by atoms with van der Waals surface area (Å²) >= 11 is 0. The second-order valence-electron chi connectivity index (χ2n) is 3.46. The summed E-state index contributed by atoms with van der Waals surface area (Å²) in [6.07, 6.45) is 7.41. The van der Waals surface area contributed by atoms with Gasteiger partial charge >= 0.3 is 0 Å². The number of amides is 1. The van der Waals surface area contributed by atoms with Crippen molar-refractivity contribution in [2.45, 2.75) is 32.6 Å². The average Bonchev–Trinajstić information content (AvgIpc) is 2.23. The Hall–Kier alpha value is -1.09. The second-order valence-corrected chi connectivity index (χ2v) is 3.46. The van der Waals surface area contributed by atoms with Crippen molar-refractivity contribution in [3.8, 4) is 0 Å². The maximum absolute atomic E-state index is 11.2. The molecular weight excluding hydrogens is 190 g/mol. The highest BCUT2D eigenvalue weighted by molar-refractivity contribution is 5.86. The van der Waals surface area contributed by atoms with Gasteiger partial charge in [0.1, 0.15) is 0 Å². The number of likely N-dealkylation sites (N-methyl/N-ethyl adjacent to an activating group) is 1. The number of carbonyl (C=O) groups is 1. The molecule has 0 rings (SSSR count). The molecule has 3 nitrogen and oxygen atoms in total. The summed E-state index contributed by atoms with van der Waals surface area (Å²) in [5, 5.41) is 1.19. The van der Waals surface area contributed by atoms with Crippen LogP contribution in [0.15, 0.2) is 24.3 Å². The first-order valence-electron chi connectivity index (χ1n) is 5.26. The maximum atomic E-state index is 11.2. The van der Waals surface area contributed by atoms with Gasteiger partial charge in [-0.15, -0.1) is 0 Å². The Morgan fingerprint density at radius 1 is 1.47 bits per heavy atom. The SMILES string of the molecule is C=C(CCC)CC/C=C/C(=O)N(C)OC. The summed E-state index contributed by atoms with van der Waals surface area (Å²) < 4.78 is 0. The zero-order valence-corrected chi connectivity index (χ0v) is 9.95. The van der Waals surface area contributed by atoms with Crippen LogP contribution in [0.4, 0.5) is 0 Å². The van der Waals surface area contributed by atoms with Gasteiger partial charge in [0.25, 0.3) is 5.91 Å². The quantitative estimate of drug-likeness (QED) is 0.368. The van der Waals surface area contributed by atoms with Crippen LogP contribution in [0.3, 0.4) is 0 Å². The van der Waals surface area contributed by atoms with Gasteiger partial charge in [0.15, 0.2) is 0 Å². The summed E-state index contributed by atoms with van der Waals surface area (Å²) in [5.41, 5.74) is 1.25. The van der Waals surface area contributed by atoms with Crippen LogP contribution < -0.4 is 0 Å². The van der Waals surface area contributed by atoms with Gasteiger partial charge in [-0.2, -0.15) is 0 Å². The lowest BCUT2D eigenvalue weighted by Crippen LogP contribution is -2.22. The molecule has 0 heterocycles. The fraction of sp³-hybridized carbons (Fsp3) is 0.583. The van der Waals surface area contributed by atoms with E-state index < -0.39 is 0 Å². The minimum atomic E-state index is -0.140. The van der Waals surface area contributed by atoms with E-state index in [1.807, 2.05) is 6.08 Å². The van der Waals surface area contributed by atoms with Crippen molar-refractivity contribution in [1.29, 1.82) is 0 Å². The number of hydroxylamine groups is 2. The Morgan fingerprint density at radius 2 is 2.13 bits per heavy atom. The van der Waals surface area contributed by atoms with E-state index in [-0.39, 0.29) is 5.91 Å². The molecule has 1 amide bonds. The Kier molecular flexibility index (Phi) is 7.64. The van der Waals surface area contributed by atoms with E-state index in [1.165, 1.54) is 23.8 Å². The summed E-state index contributed by atoms with van der Waals surface area (Å²) in [5.74, 6) is -0.140. The molecule has 0 N–H and O–H groups in total. The molecule has 15 heavy (non-hydrogen) atoms. The fourth-order valence-electron chi connectivity index (χ4n) is 1.15. The van der Waals surface area contributed by atoms with Gasteiger partial charge in [0.05, 0.1) is 7.11 Å². The molecule has 0 aliphatic rings. The molecule has 0 aliphatic carbocycles. The monoisotopic (exact) mass is 211 g/mol. The molecule has 0 bridgehead atoms. The molecule has 0 spiro atoms. The predicted molar refractivity (Wildman–Crippen MR) is 62.2 cm³/mol. The molecule has 0 aromatic rings. The van der Waals surface area contributed by atoms with Crippen molar-refractivity contribution in [2.75, 3.05) is 14.2 Å². The first-order valence-corrected chi connectivity index (χ1v) is 5.26. The zero-order chi connectivity index (χ0) is 11.7. The topological polar surface area (TPSA) is 29.5 Å². The highest BCUT2D eigenvalue weighted by atomic mass is 16.7. The Morgan fingerprint density at radius 3 is 2.67 bits per heavy atom. The van der Waals surface area contributed by atoms with Gasteiger partial charge in [0, 0.05) is 13.1 Å². The smallest absolute Gasteiger partial charge is 0.269 e. The highest BCUT2D eigenvalue weighted by Crippen LogP contribution is 2.09. The van der Waals surface area contributed by atoms with Crippen LogP contribution in [-0.4, -0.2) is 25.1 Å². The van der Waals surface area contributed by atoms with E-state index >= 15 is 0 Å². The van der Waals surface area contributed by atoms with Crippen LogP contribution in [0.25, 0.3) is 0 Å². The summed E-state index contributed by atoms with van der Waals surface area (Å²) in [4.78, 5) is 16.0. The van der Waals surface area contributed by atoms with E-state index in [2.05, 4.69) is 13.5 Å². The Balaban J connectivity index is 3.71. The van der Waals surface area contributed by atoms with Gasteiger partial charge < -0.3 is 0 Å². The van der Waals surface area contributed by atoms with Gasteiger partial charge in [-0.05, 0) is 19.3 Å². The maximum Gasteiger partial charge on any atom is 0.269 e. The van der Waals surface area contributed by atoms with E-state index in [0.29, 0.717) is 0 Å². The standard InChI is InChI=1S/C12H21NO2/c1-5-8-11(2)9-6-7-10-12(14)13(3)15-4/h7,10H,2,5-6,8-9H2,1,3-4H3/b10-7+. The number of carbonyl (C=O) groups excluding carboxylic acids is 1. The van der Waals surface area contributed by atoms with Gasteiger partial charge in [0.2, 0.25) is 0 Å². The number of rotatable bonds is 7. The molecule has 3 heteroatoms. The lowest BCUT2D eigenvalue weighted by atomic mass is 10.1. The molecule has 0 radical (unpaired) electrons. The average molecular weight is 211 g/mol. The Bertz CT molecular complexity index is 234. The van der Waals surface area contributed by atoms with Crippen LogP contribution in [0, 0.1) is 0 Å². The van der Waals surface area contributed by atoms with Gasteiger partial charge in [-0.25, -0.2) is 5.06 Å². The largest absolute Gasteiger partial charge is 0.274 e. The molecule has 0 fully saturated rings. The molecule has 0 aliphatic heterocycles. The summed E-state index contributed by atoms with van der Waals surface area (Å²) in [6, 6.07) is 0. The molecule has 86 valence electrons. The molecule has 0 unspecified atom stereocenters. The number of hydrogen-bond acceptors (Lipinski definition) is 2. The minimum absolute atomic E-state index is 0.140. The number of hydrogen-bond donors (Lipinski definition) is 0. The third-order valence-electron chi connectivity index (χ3n) is 2.11. The number of allylic oxidation sites excluding steroid dienone is 2. The van der Waals surface area contributed by atoms with Crippen molar-refractivity contribution in [1.82, 2.24) is 5.06 Å². The molecule has 0 atom stereocenters. The van der Waals surface area contributed by atoms with Crippen molar-refractivity contribution in [3.05, 3.63) is 24.3 Å². The van der Waals surface area contributed by atoms with Gasteiger partial charge in [-0.3, -0.25) is 9.63 Å². The number of nitrogens with zero attached hydrogens (tertiary/aromatic N) is 1. The van der Waals surface area contributed by atoms with Crippen molar-refractivity contribution < 1.29 is 9.63 Å². The normalized spacial score (nSPS) is 10.6. The van der Waals surface area contributed by atoms with E-state index in [0.717, 1.165) is 25.7 Å². The van der Waals surface area contributed by atoms with Crippen LogP contribution in [0.2, 0.25) is 0 Å². The molecule has 0 saturated carbocycles. The fourth-order valence-corrected chi connectivity index (χ4v) is 1.15. The van der Waals surface area contributed by atoms with Crippen LogP contribution in [0.5, 0.6) is 0 Å². The lowest BCUT2D eigenvalue weighted by molar-refractivity contribution is -0.162. The third kappa shape index (κ3) is 6.91. The summed E-state index contributed by atoms with van der Waals surface area (Å²) in [6.45, 7) is 6.10. The van der Waals surface area contributed by atoms with Gasteiger partial charge in [-0.1, -0.05) is 31.6 Å². The first kappa shape index (κ1) is 13.9. The van der Waals surface area contributed by atoms with E-state index in [4.69, 9.17) is 4.84 Å². The van der Waals surface area contributed by atoms with Crippen molar-refractivity contribution in [3.63, 3.8) is 0 Å². The molecule has 0 aromatic carbocycles. The third-order valence-corrected chi connectivity index (χ3v) is 2.11. The van der Waals surface area contributed by atoms with Crippen molar-refractivity contribution >= 4 is 5.91 Å². The predicted octanol–water partition coefficient (Wildman–Crippen LogP) is 2.70. The second kappa shape index (κ2) is 8.24. The molecule has 0 saturated heterocycles. The van der Waals surface area contributed by atoms with E-state index in [1.54, 1.807) is 7.05 Å². The molecular formula is C12H21NO2. The minimum Gasteiger partial charge on any atom is -0.274 e. The Labute approximate surface area is 92.4 Å². The lowest BCUT2D eigenvalue weighted by Gasteiger charge is -2.09. The molecule has 0 aromatic heterocycles. The van der Waals surface area contributed by atoms with Crippen LogP contribution in [-0.2, 0) is 9.63 Å². The van der Waals surface area contributed by atoms with Crippen LogP contribution >= 0.6 is 0 Å². The van der Waals surface area contributed by atoms with E-state index in [9.17, 15) is 4.79 Å². The highest BCUT2D eigenvalue weighted by Gasteiger charge is 2.01. The van der Waals surface area contributed by atoms with Crippen molar-refractivity contribution in [2.24, 2.45) is 0 Å².